The van der Waals surface area contributed by atoms with Gasteiger partial charge in [-0.2, -0.15) is 0 Å². The molecule has 2 rings (SSSR count). The first-order chi connectivity index (χ1) is 7.31. The molecular weight excluding hydrogens is 214 g/mol. The van der Waals surface area contributed by atoms with Gasteiger partial charge in [-0.05, 0) is 13.0 Å². The third-order valence-corrected chi connectivity index (χ3v) is 2.49. The van der Waals surface area contributed by atoms with E-state index < -0.39 is 6.09 Å². The van der Waals surface area contributed by atoms with E-state index in [1.165, 1.54) is 23.2 Å². The smallest absolute Gasteiger partial charge is 0.419 e. The molecule has 0 N–H and O–H groups in total. The molecular formula is C9H9N3O2S. The lowest BCUT2D eigenvalue weighted by atomic mass is 10.3. The average molecular weight is 223 g/mol. The second kappa shape index (κ2) is 4.31. The Labute approximate surface area is 91.4 Å². The van der Waals surface area contributed by atoms with Gasteiger partial charge >= 0.3 is 6.09 Å². The summed E-state index contributed by atoms with van der Waals surface area (Å²) in [6.07, 6.45) is 6.14. The fraction of sp³-hybridized carbons (Fsp3) is 0.222. The van der Waals surface area contributed by atoms with Crippen molar-refractivity contribution in [3.8, 4) is 0 Å². The second-order valence-corrected chi connectivity index (χ2v) is 3.58. The molecule has 0 aliphatic carbocycles. The van der Waals surface area contributed by atoms with Gasteiger partial charge < -0.3 is 4.74 Å². The van der Waals surface area contributed by atoms with Crippen LogP contribution in [0, 0.1) is 0 Å². The summed E-state index contributed by atoms with van der Waals surface area (Å²) in [5, 5.41) is 0. The number of aliphatic imine (C=N–C) groups is 1. The molecule has 0 aromatic carbocycles. The van der Waals surface area contributed by atoms with Gasteiger partial charge in [-0.1, -0.05) is 0 Å². The van der Waals surface area contributed by atoms with Crippen molar-refractivity contribution in [2.24, 2.45) is 9.39 Å². The van der Waals surface area contributed by atoms with Gasteiger partial charge in [-0.3, -0.25) is 0 Å². The minimum atomic E-state index is -0.428. The molecule has 5 nitrogen and oxygen atoms in total. The Morgan fingerprint density at radius 1 is 1.67 bits per heavy atom. The molecule has 6 heteroatoms. The third-order valence-electron chi connectivity index (χ3n) is 1.75. The molecule has 0 saturated heterocycles. The minimum Gasteiger partial charge on any atom is -0.449 e. The summed E-state index contributed by atoms with van der Waals surface area (Å²) in [5.74, 6) is 0. The van der Waals surface area contributed by atoms with E-state index in [-0.39, 0.29) is 0 Å². The number of fused-ring (bicyclic) bond motifs is 1. The molecule has 0 radical (unpaired) electrons. The first-order valence-corrected chi connectivity index (χ1v) is 5.20. The topological polar surface area (TPSA) is 54.3 Å². The first-order valence-electron chi connectivity index (χ1n) is 4.43. The van der Waals surface area contributed by atoms with Gasteiger partial charge in [0.25, 0.3) is 0 Å². The molecule has 2 heterocycles. The Bertz CT molecular complexity index is 398. The second-order valence-electron chi connectivity index (χ2n) is 2.74. The highest BCUT2D eigenvalue weighted by Gasteiger charge is 2.18. The van der Waals surface area contributed by atoms with Crippen molar-refractivity contribution in [1.82, 2.24) is 4.90 Å². The maximum atomic E-state index is 11.4. The molecule has 78 valence electrons. The molecule has 0 aromatic rings. The molecule has 0 saturated carbocycles. The van der Waals surface area contributed by atoms with Crippen molar-refractivity contribution >= 4 is 30.6 Å². The number of carbonyl (C=O) groups excluding carboxylic acids is 1. The van der Waals surface area contributed by atoms with Crippen LogP contribution in [0.2, 0.25) is 0 Å². The quantitative estimate of drug-likeness (QED) is 0.638. The Morgan fingerprint density at radius 2 is 2.53 bits per heavy atom. The van der Waals surface area contributed by atoms with E-state index in [0.717, 1.165) is 10.6 Å². The molecule has 2 aliphatic rings. The maximum absolute atomic E-state index is 11.4. The van der Waals surface area contributed by atoms with Crippen molar-refractivity contribution in [2.75, 3.05) is 6.61 Å². The fourth-order valence-corrected chi connectivity index (χ4v) is 1.71. The van der Waals surface area contributed by atoms with E-state index in [1.807, 2.05) is 0 Å². The molecule has 2 aliphatic heterocycles. The largest absolute Gasteiger partial charge is 0.449 e. The van der Waals surface area contributed by atoms with Crippen LogP contribution in [0.5, 0.6) is 0 Å². The van der Waals surface area contributed by atoms with E-state index in [0.29, 0.717) is 6.61 Å². The summed E-state index contributed by atoms with van der Waals surface area (Å²) in [4.78, 5) is 17.6. The predicted octanol–water partition coefficient (Wildman–Crippen LogP) is 1.94. The zero-order valence-corrected chi connectivity index (χ0v) is 8.90. The van der Waals surface area contributed by atoms with Crippen LogP contribution in [0.25, 0.3) is 0 Å². The van der Waals surface area contributed by atoms with E-state index in [4.69, 9.17) is 4.74 Å². The number of allylic oxidation sites excluding steroid dienone is 1. The zero-order chi connectivity index (χ0) is 10.7. The number of rotatable bonds is 1. The van der Waals surface area contributed by atoms with Crippen molar-refractivity contribution in [3.63, 3.8) is 0 Å². The SMILES string of the molecule is CCOC(=O)N1C=NC2=CC=NSC2=C1. The van der Waals surface area contributed by atoms with Crippen LogP contribution < -0.4 is 0 Å². The summed E-state index contributed by atoms with van der Waals surface area (Å²) in [7, 11) is 0. The summed E-state index contributed by atoms with van der Waals surface area (Å²) in [6, 6.07) is 0. The highest BCUT2D eigenvalue weighted by atomic mass is 32.2. The number of nitrogens with zero attached hydrogens (tertiary/aromatic N) is 3. The van der Waals surface area contributed by atoms with Gasteiger partial charge in [-0.25, -0.2) is 19.1 Å². The summed E-state index contributed by atoms with van der Waals surface area (Å²) >= 11 is 1.29. The number of amides is 1. The molecule has 0 atom stereocenters. The van der Waals surface area contributed by atoms with Crippen LogP contribution in [0.1, 0.15) is 6.92 Å². The Balaban J connectivity index is 2.14. The molecule has 0 unspecified atom stereocenters. The van der Waals surface area contributed by atoms with Crippen LogP contribution in [-0.2, 0) is 4.74 Å². The van der Waals surface area contributed by atoms with Crippen LogP contribution >= 0.6 is 11.9 Å². The van der Waals surface area contributed by atoms with E-state index in [9.17, 15) is 4.79 Å². The zero-order valence-electron chi connectivity index (χ0n) is 8.08. The first kappa shape index (κ1) is 9.97. The van der Waals surface area contributed by atoms with Crippen molar-refractivity contribution in [1.29, 1.82) is 0 Å². The van der Waals surface area contributed by atoms with Gasteiger partial charge in [0.05, 0.1) is 17.2 Å². The molecule has 0 bridgehead atoms. The lowest BCUT2D eigenvalue weighted by molar-refractivity contribution is 0.138. The van der Waals surface area contributed by atoms with Crippen molar-refractivity contribution in [3.05, 3.63) is 22.9 Å². The van der Waals surface area contributed by atoms with Gasteiger partial charge in [-0.15, -0.1) is 0 Å². The lowest BCUT2D eigenvalue weighted by Crippen LogP contribution is -2.27. The van der Waals surface area contributed by atoms with E-state index in [1.54, 1.807) is 25.4 Å². The number of ether oxygens (including phenoxy) is 1. The number of carbonyl (C=O) groups is 1. The van der Waals surface area contributed by atoms with Gasteiger partial charge in [0.15, 0.2) is 0 Å². The fourth-order valence-electron chi connectivity index (χ4n) is 1.10. The molecule has 15 heavy (non-hydrogen) atoms. The average Bonchev–Trinajstić information content (AvgIpc) is 2.29. The highest BCUT2D eigenvalue weighted by molar-refractivity contribution is 8.02. The minimum absolute atomic E-state index is 0.348. The van der Waals surface area contributed by atoms with Gasteiger partial charge in [0, 0.05) is 24.4 Å². The standard InChI is InChI=1S/C9H9N3O2S/c1-2-14-9(13)12-5-8-7(10-6-12)3-4-11-15-8/h3-6H,2H2,1H3. The molecule has 1 amide bonds. The predicted molar refractivity (Wildman–Crippen MR) is 59.6 cm³/mol. The molecule has 0 spiro atoms. The normalized spacial score (nSPS) is 18.1. The van der Waals surface area contributed by atoms with Crippen LogP contribution in [0.15, 0.2) is 32.3 Å². The maximum Gasteiger partial charge on any atom is 0.419 e. The summed E-state index contributed by atoms with van der Waals surface area (Å²) in [6.45, 7) is 2.11. The Kier molecular flexibility index (Phi) is 2.86. The number of hydrogen-bond acceptors (Lipinski definition) is 5. The lowest BCUT2D eigenvalue weighted by Gasteiger charge is -2.19. The van der Waals surface area contributed by atoms with Gasteiger partial charge in [0.1, 0.15) is 6.34 Å². The molecule has 0 fully saturated rings. The number of hydrogen-bond donors (Lipinski definition) is 0. The van der Waals surface area contributed by atoms with E-state index in [2.05, 4.69) is 9.39 Å². The van der Waals surface area contributed by atoms with Gasteiger partial charge in [0.2, 0.25) is 0 Å². The Hall–Kier alpha value is -1.56. The van der Waals surface area contributed by atoms with Crippen molar-refractivity contribution < 1.29 is 9.53 Å². The summed E-state index contributed by atoms with van der Waals surface area (Å²) in [5.41, 5.74) is 0.815. The monoisotopic (exact) mass is 223 g/mol. The highest BCUT2D eigenvalue weighted by Crippen LogP contribution is 2.30. The third kappa shape index (κ3) is 2.10. The van der Waals surface area contributed by atoms with E-state index >= 15 is 0 Å². The summed E-state index contributed by atoms with van der Waals surface area (Å²) < 4.78 is 8.84. The molecule has 0 aromatic heterocycles. The van der Waals surface area contributed by atoms with Crippen LogP contribution in [-0.4, -0.2) is 30.2 Å². The van der Waals surface area contributed by atoms with Crippen LogP contribution in [0.3, 0.4) is 0 Å². The van der Waals surface area contributed by atoms with Crippen molar-refractivity contribution in [2.45, 2.75) is 6.92 Å². The Morgan fingerprint density at radius 3 is 3.33 bits per heavy atom. The van der Waals surface area contributed by atoms with Crippen LogP contribution in [0.4, 0.5) is 4.79 Å².